The number of rotatable bonds is 2. The van der Waals surface area contributed by atoms with Crippen LogP contribution in [0.2, 0.25) is 0 Å². The van der Waals surface area contributed by atoms with Gasteiger partial charge in [0.05, 0.1) is 0 Å². The van der Waals surface area contributed by atoms with Crippen molar-refractivity contribution in [2.24, 2.45) is 0 Å². The summed E-state index contributed by atoms with van der Waals surface area (Å²) < 4.78 is 236. The molecule has 0 amide bonds. The fraction of sp³-hybridized carbons (Fsp3) is 0.900. The van der Waals surface area contributed by atoms with Crippen molar-refractivity contribution in [1.82, 2.24) is 0 Å². The van der Waals surface area contributed by atoms with Crippen LogP contribution in [0.5, 0.6) is 0 Å². The minimum absolute atomic E-state index is 5.16. The summed E-state index contributed by atoms with van der Waals surface area (Å²) in [5, 5.41) is 0. The van der Waals surface area contributed by atoms with Gasteiger partial charge in [-0.1, -0.05) is 0 Å². The van der Waals surface area contributed by atoms with Gasteiger partial charge < -0.3 is 0 Å². The molecule has 0 aromatic rings. The topological polar surface area (TPSA) is 17.1 Å². The van der Waals surface area contributed by atoms with E-state index >= 15 is 0 Å². The molecular formula is C10F18O. The molecule has 0 atom stereocenters. The van der Waals surface area contributed by atoms with Crippen LogP contribution in [0.4, 0.5) is 79.0 Å². The number of halogens is 18. The van der Waals surface area contributed by atoms with Crippen LogP contribution in [-0.2, 0) is 4.79 Å². The smallest absolute Gasteiger partial charge is 0.257 e. The molecule has 19 heteroatoms. The number of hydrogen-bond donors (Lipinski definition) is 0. The molecule has 29 heavy (non-hydrogen) atoms. The Labute approximate surface area is 144 Å². The lowest BCUT2D eigenvalue weighted by atomic mass is 9.61. The SMILES string of the molecule is O=C(F)C1(F)C(F)(F)C(F)(F)C(F)(C(F)(C(F)(F)F)C(F)(F)F)C(F)(F)C1(F)F. The summed E-state index contributed by atoms with van der Waals surface area (Å²) in [7, 11) is 0. The number of carbonyl (C=O) groups excluding carboxylic acids is 1. The highest BCUT2D eigenvalue weighted by molar-refractivity contribution is 5.83. The Kier molecular flexibility index (Phi) is 4.87. The molecule has 0 aliphatic heterocycles. The van der Waals surface area contributed by atoms with Crippen molar-refractivity contribution in [1.29, 1.82) is 0 Å². The van der Waals surface area contributed by atoms with E-state index in [2.05, 4.69) is 0 Å². The van der Waals surface area contributed by atoms with Crippen LogP contribution in [0.15, 0.2) is 0 Å². The molecule has 1 aliphatic rings. The first-order chi connectivity index (χ1) is 12.2. The minimum atomic E-state index is -9.04. The zero-order chi connectivity index (χ0) is 24.1. The van der Waals surface area contributed by atoms with Gasteiger partial charge in [-0.15, -0.1) is 0 Å². The Hall–Kier alpha value is -1.59. The summed E-state index contributed by atoms with van der Waals surface area (Å²) in [6.45, 7) is 0. The van der Waals surface area contributed by atoms with E-state index in [4.69, 9.17) is 0 Å². The Bertz CT molecular complexity index is 654. The van der Waals surface area contributed by atoms with Crippen LogP contribution in [0.25, 0.3) is 0 Å². The van der Waals surface area contributed by atoms with Gasteiger partial charge in [0, 0.05) is 0 Å². The molecule has 1 aliphatic carbocycles. The van der Waals surface area contributed by atoms with E-state index in [1.165, 1.54) is 0 Å². The van der Waals surface area contributed by atoms with Crippen LogP contribution in [0.1, 0.15) is 0 Å². The normalized spacial score (nSPS) is 34.0. The molecule has 0 aromatic carbocycles. The first kappa shape index (κ1) is 25.4. The lowest BCUT2D eigenvalue weighted by Gasteiger charge is -2.57. The van der Waals surface area contributed by atoms with Gasteiger partial charge in [0.25, 0.3) is 0 Å². The van der Waals surface area contributed by atoms with Crippen LogP contribution in [-0.4, -0.2) is 59.1 Å². The minimum Gasteiger partial charge on any atom is -0.257 e. The number of alkyl halides is 17. The first-order valence-electron chi connectivity index (χ1n) is 6.11. The second-order valence-electron chi connectivity index (χ2n) is 5.54. The molecule has 1 saturated carbocycles. The van der Waals surface area contributed by atoms with Gasteiger partial charge in [0.1, 0.15) is 0 Å². The van der Waals surface area contributed by atoms with Crippen molar-refractivity contribution >= 4 is 6.04 Å². The van der Waals surface area contributed by atoms with Gasteiger partial charge in [-0.3, -0.25) is 4.79 Å². The predicted octanol–water partition coefficient (Wildman–Crippen LogP) is 5.29. The molecule has 1 nitrogen and oxygen atoms in total. The van der Waals surface area contributed by atoms with Gasteiger partial charge >= 0.3 is 59.1 Å². The van der Waals surface area contributed by atoms with E-state index in [1.54, 1.807) is 0 Å². The monoisotopic (exact) mass is 478 g/mol. The predicted molar refractivity (Wildman–Crippen MR) is 49.5 cm³/mol. The fourth-order valence-electron chi connectivity index (χ4n) is 2.49. The summed E-state index contributed by atoms with van der Waals surface area (Å²) in [6.07, 6.45) is -16.8. The zero-order valence-electron chi connectivity index (χ0n) is 12.2. The average molecular weight is 478 g/mol. The standard InChI is InChI=1S/C10F18O/c11-1(29)2(12)5(15,16)7(19,20)3(13,8(21,22)6(2,17)18)4(14,9(23,24)25)10(26,27)28. The molecule has 172 valence electrons. The highest BCUT2D eigenvalue weighted by atomic mass is 19.4. The van der Waals surface area contributed by atoms with Gasteiger partial charge in [-0.2, -0.15) is 65.9 Å². The highest BCUT2D eigenvalue weighted by Gasteiger charge is 3.09. The van der Waals surface area contributed by atoms with Crippen LogP contribution in [0.3, 0.4) is 0 Å². The largest absolute Gasteiger partial charge is 0.435 e. The highest BCUT2D eigenvalue weighted by Crippen LogP contribution is 2.75. The maximum atomic E-state index is 14.1. The maximum Gasteiger partial charge on any atom is 0.435 e. The lowest BCUT2D eigenvalue weighted by Crippen LogP contribution is -2.92. The van der Waals surface area contributed by atoms with Crippen molar-refractivity contribution in [3.63, 3.8) is 0 Å². The molecule has 1 rings (SSSR count). The quantitative estimate of drug-likeness (QED) is 0.390. The van der Waals surface area contributed by atoms with Crippen molar-refractivity contribution < 1.29 is 83.8 Å². The van der Waals surface area contributed by atoms with Gasteiger partial charge in [-0.05, 0) is 0 Å². The second-order valence-corrected chi connectivity index (χ2v) is 5.54. The summed E-state index contributed by atoms with van der Waals surface area (Å²) >= 11 is 0. The number of hydrogen-bond acceptors (Lipinski definition) is 1. The number of carbonyl (C=O) groups is 1. The zero-order valence-corrected chi connectivity index (χ0v) is 12.2. The van der Waals surface area contributed by atoms with Crippen molar-refractivity contribution in [3.8, 4) is 0 Å². The second kappa shape index (κ2) is 5.55. The van der Waals surface area contributed by atoms with E-state index in [1.807, 2.05) is 0 Å². The van der Waals surface area contributed by atoms with E-state index < -0.39 is 59.1 Å². The average Bonchev–Trinajstić information content (AvgIpc) is 2.47. The Morgan fingerprint density at radius 2 is 0.759 bits per heavy atom. The van der Waals surface area contributed by atoms with E-state index in [9.17, 15) is 83.8 Å². The van der Waals surface area contributed by atoms with Gasteiger partial charge in [0.15, 0.2) is 0 Å². The summed E-state index contributed by atoms with van der Waals surface area (Å²) in [5.41, 5.74) is -25.9. The molecule has 1 fully saturated rings. The van der Waals surface area contributed by atoms with Gasteiger partial charge in [-0.25, -0.2) is 13.2 Å². The molecule has 0 unspecified atom stereocenters. The van der Waals surface area contributed by atoms with E-state index in [-0.39, 0.29) is 0 Å². The summed E-state index contributed by atoms with van der Waals surface area (Å²) in [4.78, 5) is 10.1. The third-order valence-corrected chi connectivity index (χ3v) is 4.05. The van der Waals surface area contributed by atoms with E-state index in [0.29, 0.717) is 0 Å². The molecule has 0 heterocycles. The van der Waals surface area contributed by atoms with Crippen molar-refractivity contribution in [2.75, 3.05) is 0 Å². The first-order valence-corrected chi connectivity index (χ1v) is 6.11. The molecular weight excluding hydrogens is 478 g/mol. The van der Waals surface area contributed by atoms with E-state index in [0.717, 1.165) is 0 Å². The Balaban J connectivity index is 4.36. The Morgan fingerprint density at radius 1 is 0.517 bits per heavy atom. The third kappa shape index (κ3) is 2.16. The molecule has 0 aromatic heterocycles. The van der Waals surface area contributed by atoms with Crippen LogP contribution >= 0.6 is 0 Å². The molecule has 0 spiro atoms. The summed E-state index contributed by atoms with van der Waals surface area (Å²) in [5.74, 6) is -34.3. The lowest BCUT2D eigenvalue weighted by molar-refractivity contribution is -0.505. The molecule has 0 bridgehead atoms. The fourth-order valence-corrected chi connectivity index (χ4v) is 2.49. The van der Waals surface area contributed by atoms with Crippen LogP contribution in [0, 0.1) is 0 Å². The van der Waals surface area contributed by atoms with Crippen LogP contribution < -0.4 is 0 Å². The molecule has 0 saturated heterocycles. The summed E-state index contributed by atoms with van der Waals surface area (Å²) in [6, 6.07) is -5.16. The van der Waals surface area contributed by atoms with Crippen molar-refractivity contribution in [3.05, 3.63) is 0 Å². The van der Waals surface area contributed by atoms with Crippen molar-refractivity contribution in [2.45, 2.75) is 53.0 Å². The maximum absolute atomic E-state index is 14.1. The molecule has 0 radical (unpaired) electrons. The molecule has 0 N–H and O–H groups in total. The Morgan fingerprint density at radius 3 is 0.931 bits per heavy atom. The third-order valence-electron chi connectivity index (χ3n) is 4.05. The van der Waals surface area contributed by atoms with Gasteiger partial charge in [0.2, 0.25) is 0 Å².